The normalized spacial score (nSPS) is 14.3. The summed E-state index contributed by atoms with van der Waals surface area (Å²) in [5, 5.41) is 11.0. The number of aromatic nitrogens is 2. The Bertz CT molecular complexity index is 784. The van der Waals surface area contributed by atoms with Gasteiger partial charge >= 0.3 is 5.97 Å². The highest BCUT2D eigenvalue weighted by Gasteiger charge is 2.17. The predicted molar refractivity (Wildman–Crippen MR) is 103 cm³/mol. The zero-order valence-electron chi connectivity index (χ0n) is 15.5. The van der Waals surface area contributed by atoms with Crippen LogP contribution in [0.25, 0.3) is 0 Å². The maximum Gasteiger partial charge on any atom is 0.340 e. The van der Waals surface area contributed by atoms with Crippen LogP contribution in [0.5, 0.6) is 0 Å². The first-order valence-corrected chi connectivity index (χ1v) is 9.35. The molecule has 2 aromatic rings. The maximum absolute atomic E-state index is 12.5. The fourth-order valence-corrected chi connectivity index (χ4v) is 3.08. The molecule has 0 spiro atoms. The minimum Gasteiger partial charge on any atom is -0.462 e. The highest BCUT2D eigenvalue weighted by Crippen LogP contribution is 2.19. The van der Waals surface area contributed by atoms with Gasteiger partial charge in [0.15, 0.2) is 11.5 Å². The molecule has 0 saturated carbocycles. The van der Waals surface area contributed by atoms with Crippen LogP contribution >= 0.6 is 0 Å². The number of carbonyl (C=O) groups is 2. The maximum atomic E-state index is 12.5. The van der Waals surface area contributed by atoms with Crippen molar-refractivity contribution in [2.24, 2.45) is 0 Å². The molecule has 7 heteroatoms. The molecule has 0 aliphatic carbocycles. The second-order valence-corrected chi connectivity index (χ2v) is 6.40. The number of hydrogen-bond donors (Lipinski definition) is 1. The fraction of sp³-hybridized carbons (Fsp3) is 0.400. The number of para-hydroxylation sites is 1. The molecule has 0 radical (unpaired) electrons. The van der Waals surface area contributed by atoms with Crippen LogP contribution in [-0.2, 0) is 4.74 Å². The van der Waals surface area contributed by atoms with E-state index >= 15 is 0 Å². The SMILES string of the molecule is CCOC(=O)c1ccccc1NC(=O)c1ccc(N2CCCCCC2)nn1. The minimum absolute atomic E-state index is 0.201. The molecular weight excluding hydrogens is 344 g/mol. The molecule has 0 unspecified atom stereocenters. The summed E-state index contributed by atoms with van der Waals surface area (Å²) in [7, 11) is 0. The van der Waals surface area contributed by atoms with Crippen LogP contribution in [0.4, 0.5) is 11.5 Å². The van der Waals surface area contributed by atoms with Crippen molar-refractivity contribution in [3.8, 4) is 0 Å². The smallest absolute Gasteiger partial charge is 0.340 e. The average molecular weight is 368 g/mol. The van der Waals surface area contributed by atoms with Gasteiger partial charge in [-0.3, -0.25) is 4.79 Å². The molecule has 27 heavy (non-hydrogen) atoms. The Balaban J connectivity index is 1.71. The van der Waals surface area contributed by atoms with Crippen molar-refractivity contribution in [3.63, 3.8) is 0 Å². The Labute approximate surface area is 158 Å². The number of ether oxygens (including phenoxy) is 1. The van der Waals surface area contributed by atoms with E-state index in [1.165, 1.54) is 12.8 Å². The largest absolute Gasteiger partial charge is 0.462 e. The van der Waals surface area contributed by atoms with Crippen LogP contribution in [-0.4, -0.2) is 41.8 Å². The van der Waals surface area contributed by atoms with Crippen LogP contribution in [0.15, 0.2) is 36.4 Å². The van der Waals surface area contributed by atoms with Crippen molar-refractivity contribution in [2.75, 3.05) is 29.9 Å². The first-order valence-electron chi connectivity index (χ1n) is 9.35. The number of hydrogen-bond acceptors (Lipinski definition) is 6. The van der Waals surface area contributed by atoms with Crippen LogP contribution in [0.3, 0.4) is 0 Å². The topological polar surface area (TPSA) is 84.4 Å². The number of anilines is 2. The Morgan fingerprint density at radius 1 is 1.04 bits per heavy atom. The highest BCUT2D eigenvalue weighted by molar-refractivity contribution is 6.07. The second-order valence-electron chi connectivity index (χ2n) is 6.40. The molecule has 3 rings (SSSR count). The van der Waals surface area contributed by atoms with Gasteiger partial charge in [0.25, 0.3) is 5.91 Å². The Kier molecular flexibility index (Phi) is 6.35. The molecule has 2 heterocycles. The second kappa shape index (κ2) is 9.12. The van der Waals surface area contributed by atoms with E-state index in [0.717, 1.165) is 31.7 Å². The fourth-order valence-electron chi connectivity index (χ4n) is 3.08. The minimum atomic E-state index is -0.476. The van der Waals surface area contributed by atoms with Crippen LogP contribution in [0.1, 0.15) is 53.5 Å². The summed E-state index contributed by atoms with van der Waals surface area (Å²) in [4.78, 5) is 26.7. The van der Waals surface area contributed by atoms with E-state index < -0.39 is 11.9 Å². The summed E-state index contributed by atoms with van der Waals surface area (Å²) in [5.74, 6) is -0.0990. The molecule has 1 N–H and O–H groups in total. The summed E-state index contributed by atoms with van der Waals surface area (Å²) >= 11 is 0. The third-order valence-electron chi connectivity index (χ3n) is 4.48. The first-order chi connectivity index (χ1) is 13.2. The first kappa shape index (κ1) is 18.8. The molecule has 1 amide bonds. The van der Waals surface area contributed by atoms with Gasteiger partial charge < -0.3 is 15.0 Å². The predicted octanol–water partition coefficient (Wildman–Crippen LogP) is 3.29. The number of nitrogens with one attached hydrogen (secondary N) is 1. The van der Waals surface area contributed by atoms with Crippen LogP contribution in [0, 0.1) is 0 Å². The van der Waals surface area contributed by atoms with Crippen LogP contribution < -0.4 is 10.2 Å². The summed E-state index contributed by atoms with van der Waals surface area (Å²) in [6, 6.07) is 10.2. The van der Waals surface area contributed by atoms with Gasteiger partial charge in [-0.25, -0.2) is 4.79 Å². The monoisotopic (exact) mass is 368 g/mol. The molecule has 7 nitrogen and oxygen atoms in total. The Morgan fingerprint density at radius 3 is 2.44 bits per heavy atom. The van der Waals surface area contributed by atoms with Gasteiger partial charge in [0.1, 0.15) is 0 Å². The number of amides is 1. The molecular formula is C20H24N4O3. The lowest BCUT2D eigenvalue weighted by molar-refractivity contribution is 0.0527. The van der Waals surface area contributed by atoms with E-state index in [1.807, 2.05) is 6.07 Å². The standard InChI is InChI=1S/C20H24N4O3/c1-2-27-20(26)15-9-5-6-10-16(15)21-19(25)17-11-12-18(23-22-17)24-13-7-3-4-8-14-24/h5-6,9-12H,2-4,7-8,13-14H2,1H3,(H,21,25). The number of carbonyl (C=O) groups excluding carboxylic acids is 2. The zero-order valence-corrected chi connectivity index (χ0v) is 15.5. The molecule has 1 aliphatic heterocycles. The quantitative estimate of drug-likeness (QED) is 0.815. The van der Waals surface area contributed by atoms with Gasteiger partial charge in [0.2, 0.25) is 0 Å². The van der Waals surface area contributed by atoms with E-state index in [2.05, 4.69) is 20.4 Å². The molecule has 0 atom stereocenters. The third kappa shape index (κ3) is 4.81. The van der Waals surface area contributed by atoms with Gasteiger partial charge in [-0.1, -0.05) is 25.0 Å². The molecule has 1 fully saturated rings. The average Bonchev–Trinajstić information content (AvgIpc) is 2.98. The van der Waals surface area contributed by atoms with E-state index in [9.17, 15) is 9.59 Å². The lowest BCUT2D eigenvalue weighted by Crippen LogP contribution is -2.25. The number of benzene rings is 1. The summed E-state index contributed by atoms with van der Waals surface area (Å²) in [5.41, 5.74) is 0.897. The Hall–Kier alpha value is -2.96. The molecule has 142 valence electrons. The van der Waals surface area contributed by atoms with E-state index in [-0.39, 0.29) is 12.3 Å². The summed E-state index contributed by atoms with van der Waals surface area (Å²) in [6.45, 7) is 3.94. The highest BCUT2D eigenvalue weighted by atomic mass is 16.5. The Morgan fingerprint density at radius 2 is 1.78 bits per heavy atom. The lowest BCUT2D eigenvalue weighted by Gasteiger charge is -2.20. The summed E-state index contributed by atoms with van der Waals surface area (Å²) < 4.78 is 5.03. The van der Waals surface area contributed by atoms with Crippen molar-refractivity contribution in [1.82, 2.24) is 10.2 Å². The number of rotatable bonds is 5. The van der Waals surface area contributed by atoms with Gasteiger partial charge in [0.05, 0.1) is 17.9 Å². The van der Waals surface area contributed by atoms with Gasteiger partial charge in [-0.05, 0) is 44.0 Å². The molecule has 0 bridgehead atoms. The molecule has 1 saturated heterocycles. The van der Waals surface area contributed by atoms with Crippen LogP contribution in [0.2, 0.25) is 0 Å². The molecule has 1 aliphatic rings. The van der Waals surface area contributed by atoms with Crippen molar-refractivity contribution in [2.45, 2.75) is 32.6 Å². The van der Waals surface area contributed by atoms with Gasteiger partial charge in [-0.2, -0.15) is 0 Å². The van der Waals surface area contributed by atoms with E-state index in [0.29, 0.717) is 11.3 Å². The van der Waals surface area contributed by atoms with Gasteiger partial charge in [-0.15, -0.1) is 10.2 Å². The van der Waals surface area contributed by atoms with Crippen molar-refractivity contribution >= 4 is 23.4 Å². The van der Waals surface area contributed by atoms with Crippen molar-refractivity contribution < 1.29 is 14.3 Å². The number of esters is 1. The van der Waals surface area contributed by atoms with E-state index in [4.69, 9.17) is 4.74 Å². The molecule has 1 aromatic heterocycles. The van der Waals surface area contributed by atoms with Gasteiger partial charge in [0, 0.05) is 13.1 Å². The van der Waals surface area contributed by atoms with E-state index in [1.54, 1.807) is 37.3 Å². The zero-order chi connectivity index (χ0) is 19.1. The van der Waals surface area contributed by atoms with Crippen molar-refractivity contribution in [3.05, 3.63) is 47.7 Å². The summed E-state index contributed by atoms with van der Waals surface area (Å²) in [6.07, 6.45) is 4.78. The van der Waals surface area contributed by atoms with Crippen molar-refractivity contribution in [1.29, 1.82) is 0 Å². The number of nitrogens with zero attached hydrogens (tertiary/aromatic N) is 3. The lowest BCUT2D eigenvalue weighted by atomic mass is 10.1. The molecule has 1 aromatic carbocycles. The third-order valence-corrected chi connectivity index (χ3v) is 4.48.